The van der Waals surface area contributed by atoms with Gasteiger partial charge < -0.3 is 4.98 Å². The maximum absolute atomic E-state index is 3.74. The van der Waals surface area contributed by atoms with E-state index in [0.29, 0.717) is 0 Å². The first-order valence-electron chi connectivity index (χ1n) is 3.33. The molecule has 2 heteroatoms. The highest BCUT2D eigenvalue weighted by atomic mass is 32.2. The number of hydrogen-bond acceptors (Lipinski definition) is 1. The van der Waals surface area contributed by atoms with Gasteiger partial charge in [-0.3, -0.25) is 0 Å². The lowest BCUT2D eigenvalue weighted by atomic mass is 10.2. The van der Waals surface area contributed by atoms with E-state index in [0.717, 1.165) is 11.3 Å². The summed E-state index contributed by atoms with van der Waals surface area (Å²) in [4.78, 5) is 4.33. The van der Waals surface area contributed by atoms with Crippen molar-refractivity contribution < 1.29 is 0 Å². The molecule has 1 aromatic rings. The third-order valence-corrected chi connectivity index (χ3v) is 2.32. The first-order valence-corrected chi connectivity index (χ1v) is 4.56. The lowest BCUT2D eigenvalue weighted by Crippen LogP contribution is -1.74. The number of H-pyrrole nitrogens is 1. The van der Waals surface area contributed by atoms with E-state index >= 15 is 0 Å². The van der Waals surface area contributed by atoms with Crippen LogP contribution >= 0.6 is 11.8 Å². The van der Waals surface area contributed by atoms with Gasteiger partial charge in [-0.2, -0.15) is 0 Å². The van der Waals surface area contributed by atoms with Crippen LogP contribution in [0.15, 0.2) is 24.3 Å². The average molecular weight is 165 g/mol. The molecule has 0 aliphatic carbocycles. The van der Waals surface area contributed by atoms with E-state index in [1.165, 1.54) is 4.90 Å². The van der Waals surface area contributed by atoms with E-state index in [1.807, 2.05) is 18.5 Å². The molecule has 0 saturated heterocycles. The van der Waals surface area contributed by atoms with Gasteiger partial charge in [0.05, 0.1) is 0 Å². The fourth-order valence-electron chi connectivity index (χ4n) is 0.980. The quantitative estimate of drug-likeness (QED) is 0.681. The highest BCUT2D eigenvalue weighted by molar-refractivity contribution is 7.98. The Morgan fingerprint density at radius 2 is 2.18 bits per heavy atom. The predicted molar refractivity (Wildman–Crippen MR) is 52.8 cm³/mol. The minimum atomic E-state index is 1.05. The van der Waals surface area contributed by atoms with E-state index in [2.05, 4.69) is 18.1 Å². The molecule has 0 atom stereocenters. The van der Waals surface area contributed by atoms with E-state index in [4.69, 9.17) is 0 Å². The van der Waals surface area contributed by atoms with Gasteiger partial charge in [0.2, 0.25) is 0 Å². The van der Waals surface area contributed by atoms with Crippen LogP contribution in [-0.2, 0) is 0 Å². The highest BCUT2D eigenvalue weighted by Crippen LogP contribution is 2.24. The summed E-state index contributed by atoms with van der Waals surface area (Å²) >= 11 is 1.71. The molecule has 0 fully saturated rings. The van der Waals surface area contributed by atoms with Gasteiger partial charge >= 0.3 is 0 Å². The van der Waals surface area contributed by atoms with Crippen molar-refractivity contribution in [3.8, 4) is 0 Å². The van der Waals surface area contributed by atoms with E-state index in [9.17, 15) is 0 Å². The number of rotatable bonds is 3. The molecule has 1 aromatic heterocycles. The third kappa shape index (κ3) is 1.40. The van der Waals surface area contributed by atoms with Gasteiger partial charge in [0.25, 0.3) is 0 Å². The van der Waals surface area contributed by atoms with Gasteiger partial charge in [0.1, 0.15) is 0 Å². The second-order valence-corrected chi connectivity index (χ2v) is 2.94. The van der Waals surface area contributed by atoms with Crippen molar-refractivity contribution in [1.82, 2.24) is 4.98 Å². The van der Waals surface area contributed by atoms with Crippen molar-refractivity contribution in [3.05, 3.63) is 30.6 Å². The number of hydrogen-bond donors (Lipinski definition) is 1. The molecular formula is C9H11NS. The van der Waals surface area contributed by atoms with Crippen molar-refractivity contribution in [2.45, 2.75) is 4.90 Å². The Bertz CT molecular complexity index is 273. The lowest BCUT2D eigenvalue weighted by Gasteiger charge is -1.93. The molecule has 1 rings (SSSR count). The van der Waals surface area contributed by atoms with E-state index in [-0.39, 0.29) is 0 Å². The van der Waals surface area contributed by atoms with Crippen LogP contribution in [0, 0.1) is 0 Å². The smallest absolute Gasteiger partial charge is 0.0459 e. The summed E-state index contributed by atoms with van der Waals surface area (Å²) in [5, 5.41) is 0. The van der Waals surface area contributed by atoms with Crippen LogP contribution in [0.25, 0.3) is 12.2 Å². The Morgan fingerprint density at radius 1 is 1.45 bits per heavy atom. The maximum atomic E-state index is 3.74. The van der Waals surface area contributed by atoms with Crippen LogP contribution in [0.5, 0.6) is 0 Å². The van der Waals surface area contributed by atoms with Crippen molar-refractivity contribution >= 4 is 23.9 Å². The Morgan fingerprint density at radius 3 is 2.64 bits per heavy atom. The van der Waals surface area contributed by atoms with E-state index < -0.39 is 0 Å². The van der Waals surface area contributed by atoms with Gasteiger partial charge in [0, 0.05) is 22.3 Å². The molecule has 0 saturated carbocycles. The molecule has 0 aliphatic heterocycles. The van der Waals surface area contributed by atoms with Crippen molar-refractivity contribution in [3.63, 3.8) is 0 Å². The molecule has 58 valence electrons. The van der Waals surface area contributed by atoms with Crippen LogP contribution in [-0.4, -0.2) is 11.2 Å². The predicted octanol–water partition coefficient (Wildman–Crippen LogP) is 3.02. The van der Waals surface area contributed by atoms with Crippen LogP contribution in [0.3, 0.4) is 0 Å². The number of nitrogens with one attached hydrogen (secondary N) is 1. The molecule has 1 nitrogen and oxygen atoms in total. The van der Waals surface area contributed by atoms with Crippen LogP contribution in [0.4, 0.5) is 0 Å². The minimum Gasteiger partial charge on any atom is -0.360 e. The topological polar surface area (TPSA) is 15.8 Å². The molecule has 0 unspecified atom stereocenters. The van der Waals surface area contributed by atoms with Crippen molar-refractivity contribution in [2.24, 2.45) is 0 Å². The summed E-state index contributed by atoms with van der Waals surface area (Å²) in [5.41, 5.74) is 2.19. The van der Waals surface area contributed by atoms with Crippen LogP contribution in [0.2, 0.25) is 0 Å². The molecule has 11 heavy (non-hydrogen) atoms. The summed E-state index contributed by atoms with van der Waals surface area (Å²) in [5.74, 6) is 0. The summed E-state index contributed by atoms with van der Waals surface area (Å²) in [6.45, 7) is 7.44. The zero-order valence-electron chi connectivity index (χ0n) is 6.55. The average Bonchev–Trinajstić information content (AvgIpc) is 2.45. The SMILES string of the molecule is C=Cc1[nH]cc(SC)c1C=C. The van der Waals surface area contributed by atoms with Gasteiger partial charge in [-0.15, -0.1) is 11.8 Å². The standard InChI is InChI=1S/C9H11NS/c1-4-7-8(5-2)10-6-9(7)11-3/h4-6,10H,1-2H2,3H3. The summed E-state index contributed by atoms with van der Waals surface area (Å²) < 4.78 is 0. The zero-order valence-corrected chi connectivity index (χ0v) is 7.37. The summed E-state index contributed by atoms with van der Waals surface area (Å²) in [6.07, 6.45) is 7.66. The molecule has 1 N–H and O–H groups in total. The van der Waals surface area contributed by atoms with E-state index in [1.54, 1.807) is 17.8 Å². The Labute approximate surface area is 71.2 Å². The zero-order chi connectivity index (χ0) is 8.27. The molecule has 0 spiro atoms. The number of aromatic nitrogens is 1. The number of aromatic amines is 1. The third-order valence-electron chi connectivity index (χ3n) is 1.54. The fraction of sp³-hybridized carbons (Fsp3) is 0.111. The molecule has 0 amide bonds. The molecule has 0 aromatic carbocycles. The normalized spacial score (nSPS) is 9.55. The summed E-state index contributed by atoms with van der Waals surface area (Å²) in [6, 6.07) is 0. The maximum Gasteiger partial charge on any atom is 0.0459 e. The Balaban J connectivity index is 3.18. The second-order valence-electron chi connectivity index (χ2n) is 2.09. The largest absolute Gasteiger partial charge is 0.360 e. The van der Waals surface area contributed by atoms with Gasteiger partial charge in [-0.25, -0.2) is 0 Å². The lowest BCUT2D eigenvalue weighted by molar-refractivity contribution is 1.35. The second kappa shape index (κ2) is 3.49. The summed E-state index contributed by atoms with van der Waals surface area (Å²) in [7, 11) is 0. The first-order chi connectivity index (χ1) is 5.33. The molecule has 0 bridgehead atoms. The molecule has 0 radical (unpaired) electrons. The van der Waals surface area contributed by atoms with Gasteiger partial charge in [-0.1, -0.05) is 19.2 Å². The molecule has 0 aliphatic rings. The number of thioether (sulfide) groups is 1. The monoisotopic (exact) mass is 165 g/mol. The Hall–Kier alpha value is -0.890. The Kier molecular flexibility index (Phi) is 2.60. The highest BCUT2D eigenvalue weighted by Gasteiger charge is 2.02. The van der Waals surface area contributed by atoms with Gasteiger partial charge in [-0.05, 0) is 12.3 Å². The van der Waals surface area contributed by atoms with Gasteiger partial charge in [0.15, 0.2) is 0 Å². The van der Waals surface area contributed by atoms with Crippen molar-refractivity contribution in [1.29, 1.82) is 0 Å². The van der Waals surface area contributed by atoms with Crippen molar-refractivity contribution in [2.75, 3.05) is 6.26 Å². The molecular weight excluding hydrogens is 154 g/mol. The minimum absolute atomic E-state index is 1.05. The molecule has 1 heterocycles. The van der Waals surface area contributed by atoms with Crippen LogP contribution < -0.4 is 0 Å². The van der Waals surface area contributed by atoms with Crippen LogP contribution in [0.1, 0.15) is 11.3 Å². The first kappa shape index (κ1) is 8.21. The fourth-order valence-corrected chi connectivity index (χ4v) is 1.57.